The molecule has 0 radical (unpaired) electrons. The quantitative estimate of drug-likeness (QED) is 0.868. The van der Waals surface area contributed by atoms with Crippen LogP contribution in [0.1, 0.15) is 49.7 Å². The van der Waals surface area contributed by atoms with E-state index in [2.05, 4.69) is 15.1 Å². The number of aromatic amines is 1. The fourth-order valence-electron chi connectivity index (χ4n) is 4.66. The van der Waals surface area contributed by atoms with Crippen molar-refractivity contribution in [2.24, 2.45) is 0 Å². The first-order chi connectivity index (χ1) is 13.5. The Balaban J connectivity index is 1.46. The van der Waals surface area contributed by atoms with Crippen LogP contribution in [-0.4, -0.2) is 61.0 Å². The van der Waals surface area contributed by atoms with Crippen LogP contribution in [0, 0.1) is 6.92 Å². The fourth-order valence-corrected chi connectivity index (χ4v) is 4.66. The normalized spacial score (nSPS) is 18.4. The molecule has 8 heteroatoms. The van der Waals surface area contributed by atoms with Gasteiger partial charge in [0, 0.05) is 63.0 Å². The summed E-state index contributed by atoms with van der Waals surface area (Å²) in [6.07, 6.45) is 6.72. The van der Waals surface area contributed by atoms with Gasteiger partial charge < -0.3 is 14.8 Å². The molecule has 2 aromatic heterocycles. The number of nitrogens with zero attached hydrogens (tertiary/aromatic N) is 5. The van der Waals surface area contributed by atoms with Crippen molar-refractivity contribution in [2.75, 3.05) is 19.6 Å². The van der Waals surface area contributed by atoms with Gasteiger partial charge in [0.15, 0.2) is 0 Å². The van der Waals surface area contributed by atoms with Crippen molar-refractivity contribution in [2.45, 2.75) is 58.0 Å². The van der Waals surface area contributed by atoms with Crippen molar-refractivity contribution in [1.29, 1.82) is 0 Å². The zero-order valence-corrected chi connectivity index (χ0v) is 16.6. The first-order valence-electron chi connectivity index (χ1n) is 10.1. The number of amides is 2. The van der Waals surface area contributed by atoms with Crippen molar-refractivity contribution in [3.63, 3.8) is 0 Å². The Bertz CT molecular complexity index is 862. The molecule has 2 amide bonds. The largest absolute Gasteiger partial charge is 0.348 e. The Kier molecular flexibility index (Phi) is 4.95. The zero-order chi connectivity index (χ0) is 19.7. The van der Waals surface area contributed by atoms with Gasteiger partial charge >= 0.3 is 0 Å². The summed E-state index contributed by atoms with van der Waals surface area (Å²) in [5, 5.41) is 4.25. The van der Waals surface area contributed by atoms with Crippen molar-refractivity contribution >= 4 is 11.8 Å². The van der Waals surface area contributed by atoms with E-state index in [1.165, 1.54) is 0 Å². The lowest BCUT2D eigenvalue weighted by molar-refractivity contribution is -0.144. The summed E-state index contributed by atoms with van der Waals surface area (Å²) in [6.45, 7) is 6.52. The molecule has 0 aromatic carbocycles. The highest BCUT2D eigenvalue weighted by Gasteiger charge is 2.48. The minimum atomic E-state index is -0.379. The van der Waals surface area contributed by atoms with Crippen LogP contribution in [0.2, 0.25) is 0 Å². The van der Waals surface area contributed by atoms with E-state index in [9.17, 15) is 9.59 Å². The summed E-state index contributed by atoms with van der Waals surface area (Å²) >= 11 is 0. The maximum atomic E-state index is 12.7. The van der Waals surface area contributed by atoms with Gasteiger partial charge in [-0.15, -0.1) is 0 Å². The molecule has 0 saturated carbocycles. The molecular formula is C20H28N6O2. The highest BCUT2D eigenvalue weighted by molar-refractivity contribution is 5.78. The summed E-state index contributed by atoms with van der Waals surface area (Å²) in [5.41, 5.74) is 2.82. The third kappa shape index (κ3) is 3.10. The number of H-pyrrole nitrogens is 1. The van der Waals surface area contributed by atoms with E-state index >= 15 is 0 Å². The SMILES string of the molecule is CCC(=O)N1CCc2[nH]cnc2C12CCN(C(=O)CCn1nccc1C)CC2. The van der Waals surface area contributed by atoms with Crippen LogP contribution in [0.3, 0.4) is 0 Å². The molecule has 4 rings (SSSR count). The van der Waals surface area contributed by atoms with Gasteiger partial charge in [-0.2, -0.15) is 5.10 Å². The molecule has 1 N–H and O–H groups in total. The van der Waals surface area contributed by atoms with Gasteiger partial charge in [-0.3, -0.25) is 14.3 Å². The molecule has 2 aliphatic heterocycles. The van der Waals surface area contributed by atoms with Crippen LogP contribution in [0.15, 0.2) is 18.6 Å². The molecule has 8 nitrogen and oxygen atoms in total. The van der Waals surface area contributed by atoms with E-state index < -0.39 is 0 Å². The Morgan fingerprint density at radius 2 is 2.00 bits per heavy atom. The van der Waals surface area contributed by atoms with Crippen molar-refractivity contribution in [3.05, 3.63) is 35.7 Å². The lowest BCUT2D eigenvalue weighted by atomic mass is 9.78. The monoisotopic (exact) mass is 384 g/mol. The number of likely N-dealkylation sites (tertiary alicyclic amines) is 1. The third-order valence-electron chi connectivity index (χ3n) is 6.27. The second-order valence-electron chi connectivity index (χ2n) is 7.74. The van der Waals surface area contributed by atoms with Gasteiger partial charge in [-0.1, -0.05) is 6.92 Å². The van der Waals surface area contributed by atoms with Crippen LogP contribution >= 0.6 is 0 Å². The number of hydrogen-bond acceptors (Lipinski definition) is 4. The number of carbonyl (C=O) groups is 2. The topological polar surface area (TPSA) is 87.1 Å². The number of piperidine rings is 1. The lowest BCUT2D eigenvalue weighted by Crippen LogP contribution is -2.58. The highest BCUT2D eigenvalue weighted by Crippen LogP contribution is 2.42. The molecule has 0 aliphatic carbocycles. The molecule has 0 unspecified atom stereocenters. The Morgan fingerprint density at radius 1 is 1.21 bits per heavy atom. The number of aryl methyl sites for hydroxylation is 2. The Labute approximate surface area is 164 Å². The summed E-state index contributed by atoms with van der Waals surface area (Å²) in [7, 11) is 0. The third-order valence-corrected chi connectivity index (χ3v) is 6.27. The zero-order valence-electron chi connectivity index (χ0n) is 16.6. The van der Waals surface area contributed by atoms with E-state index in [1.807, 2.05) is 34.4 Å². The molecule has 150 valence electrons. The average Bonchev–Trinajstić information content (AvgIpc) is 3.36. The number of carbonyl (C=O) groups excluding carboxylic acids is 2. The molecular weight excluding hydrogens is 356 g/mol. The second kappa shape index (κ2) is 7.41. The minimum absolute atomic E-state index is 0.149. The molecule has 4 heterocycles. The Morgan fingerprint density at radius 3 is 2.68 bits per heavy atom. The smallest absolute Gasteiger partial charge is 0.224 e. The van der Waals surface area contributed by atoms with Crippen LogP contribution in [0.5, 0.6) is 0 Å². The number of hydrogen-bond donors (Lipinski definition) is 1. The van der Waals surface area contributed by atoms with Crippen molar-refractivity contribution in [1.82, 2.24) is 29.5 Å². The number of nitrogens with one attached hydrogen (secondary N) is 1. The predicted octanol–water partition coefficient (Wildman–Crippen LogP) is 1.62. The van der Waals surface area contributed by atoms with Crippen molar-refractivity contribution in [3.8, 4) is 0 Å². The van der Waals surface area contributed by atoms with Crippen LogP contribution < -0.4 is 0 Å². The minimum Gasteiger partial charge on any atom is -0.348 e. The van der Waals surface area contributed by atoms with E-state index in [0.29, 0.717) is 39.0 Å². The lowest BCUT2D eigenvalue weighted by Gasteiger charge is -2.50. The summed E-state index contributed by atoms with van der Waals surface area (Å²) in [6, 6.07) is 1.94. The molecule has 2 aromatic rings. The van der Waals surface area contributed by atoms with Crippen LogP contribution in [0.4, 0.5) is 0 Å². The maximum Gasteiger partial charge on any atom is 0.224 e. The van der Waals surface area contributed by atoms with Gasteiger partial charge in [0.1, 0.15) is 0 Å². The van der Waals surface area contributed by atoms with Gasteiger partial charge in [-0.25, -0.2) is 4.98 Å². The van der Waals surface area contributed by atoms with Gasteiger partial charge in [0.25, 0.3) is 0 Å². The van der Waals surface area contributed by atoms with Gasteiger partial charge in [-0.05, 0) is 25.8 Å². The predicted molar refractivity (Wildman–Crippen MR) is 103 cm³/mol. The molecule has 2 aliphatic rings. The molecule has 1 spiro atoms. The number of imidazole rings is 1. The average molecular weight is 384 g/mol. The highest BCUT2D eigenvalue weighted by atomic mass is 16.2. The van der Waals surface area contributed by atoms with Gasteiger partial charge in [0.05, 0.1) is 17.6 Å². The maximum absolute atomic E-state index is 12.7. The number of rotatable bonds is 4. The first-order valence-corrected chi connectivity index (χ1v) is 10.1. The molecule has 1 saturated heterocycles. The van der Waals surface area contributed by atoms with E-state index in [1.54, 1.807) is 12.5 Å². The van der Waals surface area contributed by atoms with Gasteiger partial charge in [0.2, 0.25) is 11.8 Å². The summed E-state index contributed by atoms with van der Waals surface area (Å²) in [5.74, 6) is 0.318. The van der Waals surface area contributed by atoms with Crippen LogP contribution in [0.25, 0.3) is 0 Å². The molecule has 1 fully saturated rings. The molecule has 0 bridgehead atoms. The number of fused-ring (bicyclic) bond motifs is 2. The van der Waals surface area contributed by atoms with E-state index in [-0.39, 0.29) is 17.4 Å². The molecule has 28 heavy (non-hydrogen) atoms. The first kappa shape index (κ1) is 18.7. The Hall–Kier alpha value is -2.64. The summed E-state index contributed by atoms with van der Waals surface area (Å²) < 4.78 is 1.86. The second-order valence-corrected chi connectivity index (χ2v) is 7.74. The summed E-state index contributed by atoms with van der Waals surface area (Å²) in [4.78, 5) is 37.2. The van der Waals surface area contributed by atoms with E-state index in [0.717, 1.165) is 36.3 Å². The van der Waals surface area contributed by atoms with Crippen LogP contribution in [-0.2, 0) is 28.1 Å². The molecule has 0 atom stereocenters. The number of aromatic nitrogens is 4. The van der Waals surface area contributed by atoms with E-state index in [4.69, 9.17) is 0 Å². The van der Waals surface area contributed by atoms with Crippen molar-refractivity contribution < 1.29 is 9.59 Å². The standard InChI is InChI=1S/C20H28N6O2/c1-3-17(27)25-10-5-16-19(22-14-21-16)20(25)7-12-24(13-8-20)18(28)6-11-26-15(2)4-9-23-26/h4,9,14H,3,5-8,10-13H2,1-2H3,(H,21,22). The fraction of sp³-hybridized carbons (Fsp3) is 0.600.